The van der Waals surface area contributed by atoms with E-state index < -0.39 is 0 Å². The van der Waals surface area contributed by atoms with Gasteiger partial charge in [-0.1, -0.05) is 20.3 Å². The molecular weight excluding hydrogens is 236 g/mol. The summed E-state index contributed by atoms with van der Waals surface area (Å²) >= 11 is 0. The summed E-state index contributed by atoms with van der Waals surface area (Å²) in [7, 11) is 0. The second-order valence-electron chi connectivity index (χ2n) is 5.19. The molecule has 1 heterocycles. The lowest BCUT2D eigenvalue weighted by Gasteiger charge is -2.26. The van der Waals surface area contributed by atoms with Crippen molar-refractivity contribution in [1.82, 2.24) is 9.97 Å². The normalized spacial score (nSPS) is 14.5. The molecule has 0 atom stereocenters. The Morgan fingerprint density at radius 2 is 2.05 bits per heavy atom. The largest absolute Gasteiger partial charge is 0.370 e. The van der Waals surface area contributed by atoms with E-state index in [-0.39, 0.29) is 0 Å². The van der Waals surface area contributed by atoms with Gasteiger partial charge in [0.05, 0.1) is 0 Å². The predicted molar refractivity (Wildman–Crippen MR) is 80.8 cm³/mol. The molecule has 0 unspecified atom stereocenters. The van der Waals surface area contributed by atoms with Crippen molar-refractivity contribution in [3.05, 3.63) is 11.9 Å². The molecule has 4 nitrogen and oxygen atoms in total. The van der Waals surface area contributed by atoms with Crippen LogP contribution in [-0.4, -0.2) is 29.1 Å². The molecule has 1 saturated carbocycles. The zero-order valence-electron chi connectivity index (χ0n) is 12.4. The van der Waals surface area contributed by atoms with Gasteiger partial charge >= 0.3 is 0 Å². The highest BCUT2D eigenvalue weighted by atomic mass is 15.2. The van der Waals surface area contributed by atoms with E-state index in [9.17, 15) is 0 Å². The maximum absolute atomic E-state index is 4.58. The lowest BCUT2D eigenvalue weighted by Crippen LogP contribution is -2.29. The number of aromatic nitrogens is 2. The first kappa shape index (κ1) is 14.1. The molecule has 0 aromatic carbocycles. The number of anilines is 2. The lowest BCUT2D eigenvalue weighted by atomic mass is 10.2. The van der Waals surface area contributed by atoms with Crippen LogP contribution in [0, 0.1) is 0 Å². The van der Waals surface area contributed by atoms with Crippen molar-refractivity contribution in [2.24, 2.45) is 0 Å². The third-order valence-corrected chi connectivity index (χ3v) is 3.63. The van der Waals surface area contributed by atoms with Crippen molar-refractivity contribution in [2.45, 2.75) is 58.9 Å². The van der Waals surface area contributed by atoms with Gasteiger partial charge in [-0.3, -0.25) is 0 Å². The Morgan fingerprint density at radius 3 is 2.63 bits per heavy atom. The summed E-state index contributed by atoms with van der Waals surface area (Å²) in [5, 5.41) is 3.36. The van der Waals surface area contributed by atoms with Gasteiger partial charge in [0, 0.05) is 24.7 Å². The van der Waals surface area contributed by atoms with Gasteiger partial charge < -0.3 is 10.2 Å². The molecule has 0 spiro atoms. The zero-order valence-corrected chi connectivity index (χ0v) is 12.4. The molecule has 0 amide bonds. The number of nitrogens with zero attached hydrogens (tertiary/aromatic N) is 3. The highest BCUT2D eigenvalue weighted by Crippen LogP contribution is 2.34. The van der Waals surface area contributed by atoms with E-state index in [1.807, 2.05) is 0 Å². The maximum Gasteiger partial charge on any atom is 0.137 e. The van der Waals surface area contributed by atoms with Crippen LogP contribution in [0.3, 0.4) is 0 Å². The van der Waals surface area contributed by atoms with Crippen LogP contribution in [0.5, 0.6) is 0 Å². The summed E-state index contributed by atoms with van der Waals surface area (Å²) in [6.07, 6.45) is 7.78. The lowest BCUT2D eigenvalue weighted by molar-refractivity contribution is 0.699. The van der Waals surface area contributed by atoms with E-state index in [4.69, 9.17) is 0 Å². The monoisotopic (exact) mass is 262 g/mol. The first-order chi connectivity index (χ1) is 9.31. The van der Waals surface area contributed by atoms with E-state index in [0.29, 0.717) is 6.04 Å². The summed E-state index contributed by atoms with van der Waals surface area (Å²) in [5.41, 5.74) is 1.27. The summed E-state index contributed by atoms with van der Waals surface area (Å²) < 4.78 is 0. The van der Waals surface area contributed by atoms with Crippen molar-refractivity contribution in [3.63, 3.8) is 0 Å². The number of hydrogen-bond donors (Lipinski definition) is 1. The van der Waals surface area contributed by atoms with Crippen LogP contribution in [0.25, 0.3) is 0 Å². The smallest absolute Gasteiger partial charge is 0.137 e. The van der Waals surface area contributed by atoms with E-state index in [1.54, 1.807) is 6.33 Å². The number of nitrogens with one attached hydrogen (secondary N) is 1. The quantitative estimate of drug-likeness (QED) is 0.781. The Kier molecular flexibility index (Phi) is 5.00. The number of unbranched alkanes of at least 4 members (excludes halogenated alkanes) is 1. The fraction of sp³-hybridized carbons (Fsp3) is 0.733. The van der Waals surface area contributed by atoms with Crippen LogP contribution in [0.1, 0.15) is 52.0 Å². The minimum absolute atomic E-state index is 0.709. The Hall–Kier alpha value is -1.32. The third kappa shape index (κ3) is 3.37. The van der Waals surface area contributed by atoms with Crippen LogP contribution < -0.4 is 10.2 Å². The predicted octanol–water partition coefficient (Wildman–Crippen LogP) is 3.24. The molecule has 1 fully saturated rings. The molecule has 1 N–H and O–H groups in total. The van der Waals surface area contributed by atoms with Gasteiger partial charge in [-0.15, -0.1) is 0 Å². The van der Waals surface area contributed by atoms with E-state index in [0.717, 1.165) is 31.1 Å². The fourth-order valence-electron chi connectivity index (χ4n) is 2.47. The summed E-state index contributed by atoms with van der Waals surface area (Å²) in [6.45, 7) is 8.57. The summed E-state index contributed by atoms with van der Waals surface area (Å²) in [6, 6.07) is 0.709. The molecule has 1 aromatic heterocycles. The van der Waals surface area contributed by atoms with Gasteiger partial charge in [-0.2, -0.15) is 0 Å². The van der Waals surface area contributed by atoms with Crippen LogP contribution in [-0.2, 0) is 6.42 Å². The van der Waals surface area contributed by atoms with Crippen molar-refractivity contribution >= 4 is 11.6 Å². The molecule has 4 heteroatoms. The van der Waals surface area contributed by atoms with Gasteiger partial charge in [0.2, 0.25) is 0 Å². The van der Waals surface area contributed by atoms with Crippen molar-refractivity contribution in [3.8, 4) is 0 Å². The molecule has 0 bridgehead atoms. The fourth-order valence-corrected chi connectivity index (χ4v) is 2.47. The van der Waals surface area contributed by atoms with Crippen LogP contribution in [0.4, 0.5) is 11.6 Å². The average Bonchev–Trinajstić information content (AvgIpc) is 3.24. The first-order valence-electron chi connectivity index (χ1n) is 7.66. The molecule has 1 aromatic rings. The van der Waals surface area contributed by atoms with Crippen LogP contribution in [0.2, 0.25) is 0 Å². The number of hydrogen-bond acceptors (Lipinski definition) is 4. The second kappa shape index (κ2) is 6.73. The highest BCUT2D eigenvalue weighted by Gasteiger charge is 2.31. The highest BCUT2D eigenvalue weighted by molar-refractivity contribution is 5.59. The van der Waals surface area contributed by atoms with E-state index in [1.165, 1.54) is 31.2 Å². The van der Waals surface area contributed by atoms with Crippen LogP contribution >= 0.6 is 0 Å². The number of rotatable bonds is 8. The first-order valence-corrected chi connectivity index (χ1v) is 7.66. The Bertz CT molecular complexity index is 401. The van der Waals surface area contributed by atoms with Gasteiger partial charge in [-0.05, 0) is 32.6 Å². The Balaban J connectivity index is 2.26. The minimum atomic E-state index is 0.709. The van der Waals surface area contributed by atoms with E-state index in [2.05, 4.69) is 41.0 Å². The molecule has 1 aliphatic carbocycles. The molecule has 19 heavy (non-hydrogen) atoms. The second-order valence-corrected chi connectivity index (χ2v) is 5.19. The molecule has 0 saturated heterocycles. The Labute approximate surface area is 116 Å². The van der Waals surface area contributed by atoms with Gasteiger partial charge in [-0.25, -0.2) is 9.97 Å². The van der Waals surface area contributed by atoms with Crippen LogP contribution in [0.15, 0.2) is 6.33 Å². The molecule has 106 valence electrons. The van der Waals surface area contributed by atoms with Crippen molar-refractivity contribution < 1.29 is 0 Å². The molecule has 0 aliphatic heterocycles. The topological polar surface area (TPSA) is 41.1 Å². The zero-order chi connectivity index (χ0) is 13.7. The van der Waals surface area contributed by atoms with Gasteiger partial charge in [0.15, 0.2) is 0 Å². The third-order valence-electron chi connectivity index (χ3n) is 3.63. The summed E-state index contributed by atoms with van der Waals surface area (Å²) in [5.74, 6) is 2.17. The SMILES string of the molecule is CCCCN(c1ncnc(NCC)c1CC)C1CC1. The minimum Gasteiger partial charge on any atom is -0.370 e. The van der Waals surface area contributed by atoms with Gasteiger partial charge in [0.25, 0.3) is 0 Å². The summed E-state index contributed by atoms with van der Waals surface area (Å²) in [4.78, 5) is 11.5. The Morgan fingerprint density at radius 1 is 1.26 bits per heavy atom. The van der Waals surface area contributed by atoms with Crippen molar-refractivity contribution in [2.75, 3.05) is 23.3 Å². The maximum atomic E-state index is 4.58. The molecular formula is C15H26N4. The van der Waals surface area contributed by atoms with E-state index >= 15 is 0 Å². The molecule has 0 radical (unpaired) electrons. The standard InChI is InChI=1S/C15H26N4/c1-4-7-10-19(12-8-9-12)15-13(5-2)14(16-6-3)17-11-18-15/h11-12H,4-10H2,1-3H3,(H,16,17,18). The molecule has 2 rings (SSSR count). The van der Waals surface area contributed by atoms with Gasteiger partial charge in [0.1, 0.15) is 18.0 Å². The van der Waals surface area contributed by atoms with Crippen molar-refractivity contribution in [1.29, 1.82) is 0 Å². The average molecular weight is 262 g/mol. The molecule has 1 aliphatic rings.